The van der Waals surface area contributed by atoms with Gasteiger partial charge in [0, 0.05) is 11.9 Å². The number of nitrogens with two attached hydrogens (primary N) is 1. The predicted octanol–water partition coefficient (Wildman–Crippen LogP) is 1.85. The molecule has 15 heavy (non-hydrogen) atoms. The average molecular weight is 245 g/mol. The van der Waals surface area contributed by atoms with Gasteiger partial charge in [-0.1, -0.05) is 12.1 Å². The molecule has 82 valence electrons. The van der Waals surface area contributed by atoms with Gasteiger partial charge >= 0.3 is 0 Å². The molecule has 2 rings (SSSR count). The highest BCUT2D eigenvalue weighted by atomic mass is 35.5. The largest absolute Gasteiger partial charge is 0.319 e. The lowest BCUT2D eigenvalue weighted by molar-refractivity contribution is -0.118. The number of carbonyl (C=O) groups excluding carboxylic acids is 1. The van der Waals surface area contributed by atoms with E-state index in [1.54, 1.807) is 23.7 Å². The molecule has 1 atom stereocenters. The van der Waals surface area contributed by atoms with Crippen LogP contribution >= 0.6 is 24.2 Å². The number of benzene rings is 1. The zero-order valence-corrected chi connectivity index (χ0v) is 9.98. The van der Waals surface area contributed by atoms with E-state index in [1.807, 2.05) is 24.3 Å². The summed E-state index contributed by atoms with van der Waals surface area (Å²) in [5.41, 5.74) is 6.77. The molecule has 1 heterocycles. The lowest BCUT2D eigenvalue weighted by Gasteiger charge is -2.16. The van der Waals surface area contributed by atoms with Crippen molar-refractivity contribution in [3.8, 4) is 0 Å². The first-order chi connectivity index (χ1) is 6.68. The minimum absolute atomic E-state index is 0. The topological polar surface area (TPSA) is 46.3 Å². The first kappa shape index (κ1) is 12.4. The van der Waals surface area contributed by atoms with Gasteiger partial charge in [-0.15, -0.1) is 24.2 Å². The summed E-state index contributed by atoms with van der Waals surface area (Å²) >= 11 is 1.56. The summed E-state index contributed by atoms with van der Waals surface area (Å²) < 4.78 is 0. The Morgan fingerprint density at radius 1 is 1.47 bits per heavy atom. The second-order valence-electron chi connectivity index (χ2n) is 3.28. The van der Waals surface area contributed by atoms with Crippen molar-refractivity contribution >= 4 is 35.8 Å². The lowest BCUT2D eigenvalue weighted by atomic mass is 10.3. The smallest absolute Gasteiger partial charge is 0.229 e. The van der Waals surface area contributed by atoms with Gasteiger partial charge in [-0.05, 0) is 12.1 Å². The van der Waals surface area contributed by atoms with Crippen molar-refractivity contribution in [2.75, 3.05) is 11.9 Å². The van der Waals surface area contributed by atoms with Crippen LogP contribution in [0.15, 0.2) is 29.2 Å². The van der Waals surface area contributed by atoms with Crippen LogP contribution in [0.1, 0.15) is 6.42 Å². The van der Waals surface area contributed by atoms with Crippen molar-refractivity contribution < 1.29 is 4.79 Å². The zero-order chi connectivity index (χ0) is 10.1. The highest BCUT2D eigenvalue weighted by Gasteiger charge is 2.23. The predicted molar refractivity (Wildman–Crippen MR) is 65.5 cm³/mol. The number of nitrogens with zero attached hydrogens (tertiary/aromatic N) is 1. The maximum Gasteiger partial charge on any atom is 0.229 e. The molecule has 0 radical (unpaired) electrons. The molecular weight excluding hydrogens is 232 g/mol. The van der Waals surface area contributed by atoms with E-state index in [4.69, 9.17) is 5.73 Å². The Labute approximate surface area is 99.4 Å². The summed E-state index contributed by atoms with van der Waals surface area (Å²) in [6.45, 7) is 0. The summed E-state index contributed by atoms with van der Waals surface area (Å²) in [5, 5.41) is -0.131. The Bertz CT molecular complexity index is 372. The molecule has 1 aliphatic heterocycles. The van der Waals surface area contributed by atoms with E-state index in [9.17, 15) is 4.79 Å². The summed E-state index contributed by atoms with van der Waals surface area (Å²) in [5.74, 6) is 0.0787. The molecule has 0 saturated heterocycles. The van der Waals surface area contributed by atoms with E-state index in [-0.39, 0.29) is 23.7 Å². The maximum atomic E-state index is 11.6. The Hall–Kier alpha value is -0.710. The van der Waals surface area contributed by atoms with Crippen molar-refractivity contribution in [3.05, 3.63) is 24.3 Å². The monoisotopic (exact) mass is 244 g/mol. The SMILES string of the molecule is CN1C(=O)CC(N)Sc2ccccc21.Cl. The van der Waals surface area contributed by atoms with Crippen molar-refractivity contribution in [1.82, 2.24) is 0 Å². The molecule has 3 nitrogen and oxygen atoms in total. The van der Waals surface area contributed by atoms with Crippen LogP contribution in [-0.2, 0) is 4.79 Å². The molecule has 0 bridgehead atoms. The third-order valence-corrected chi connectivity index (χ3v) is 3.32. The van der Waals surface area contributed by atoms with E-state index >= 15 is 0 Å². The quantitative estimate of drug-likeness (QED) is 0.758. The van der Waals surface area contributed by atoms with Gasteiger partial charge in [-0.2, -0.15) is 0 Å². The standard InChI is InChI=1S/C10H12N2OS.ClH/c1-12-7-4-2-3-5-8(7)14-9(11)6-10(12)13;/h2-5,9H,6,11H2,1H3;1H. The first-order valence-corrected chi connectivity index (χ1v) is 5.34. The van der Waals surface area contributed by atoms with Gasteiger partial charge in [-0.3, -0.25) is 4.79 Å². The summed E-state index contributed by atoms with van der Waals surface area (Å²) in [7, 11) is 1.79. The van der Waals surface area contributed by atoms with Gasteiger partial charge in [0.2, 0.25) is 5.91 Å². The van der Waals surface area contributed by atoms with Crippen LogP contribution in [0.2, 0.25) is 0 Å². The number of anilines is 1. The Balaban J connectivity index is 0.00000112. The van der Waals surface area contributed by atoms with Crippen LogP contribution in [0.25, 0.3) is 0 Å². The van der Waals surface area contributed by atoms with Gasteiger partial charge in [-0.25, -0.2) is 0 Å². The molecule has 1 aromatic rings. The van der Waals surface area contributed by atoms with E-state index in [0.29, 0.717) is 6.42 Å². The Kier molecular flexibility index (Phi) is 4.02. The summed E-state index contributed by atoms with van der Waals surface area (Å²) in [6.07, 6.45) is 0.399. The molecule has 0 saturated carbocycles. The van der Waals surface area contributed by atoms with Crippen LogP contribution in [0.5, 0.6) is 0 Å². The van der Waals surface area contributed by atoms with Crippen LogP contribution in [-0.4, -0.2) is 18.3 Å². The second-order valence-corrected chi connectivity index (χ2v) is 4.56. The molecule has 1 amide bonds. The number of hydrogen-bond acceptors (Lipinski definition) is 3. The van der Waals surface area contributed by atoms with Crippen molar-refractivity contribution in [3.63, 3.8) is 0 Å². The van der Waals surface area contributed by atoms with Crippen molar-refractivity contribution in [2.24, 2.45) is 5.73 Å². The van der Waals surface area contributed by atoms with E-state index in [2.05, 4.69) is 0 Å². The van der Waals surface area contributed by atoms with E-state index in [1.165, 1.54) is 0 Å². The lowest BCUT2D eigenvalue weighted by Crippen LogP contribution is -2.29. The fourth-order valence-corrected chi connectivity index (χ4v) is 2.52. The molecule has 0 aromatic heterocycles. The molecule has 1 aromatic carbocycles. The summed E-state index contributed by atoms with van der Waals surface area (Å²) in [4.78, 5) is 14.4. The maximum absolute atomic E-state index is 11.6. The molecule has 5 heteroatoms. The number of para-hydroxylation sites is 1. The number of amides is 1. The number of thioether (sulfide) groups is 1. The van der Waals surface area contributed by atoms with Gasteiger partial charge in [0.05, 0.1) is 17.5 Å². The molecule has 0 spiro atoms. The number of halogens is 1. The zero-order valence-electron chi connectivity index (χ0n) is 8.34. The third kappa shape index (κ3) is 2.45. The highest BCUT2D eigenvalue weighted by Crippen LogP contribution is 2.35. The van der Waals surface area contributed by atoms with Gasteiger partial charge in [0.15, 0.2) is 0 Å². The van der Waals surface area contributed by atoms with Gasteiger partial charge < -0.3 is 10.6 Å². The third-order valence-electron chi connectivity index (χ3n) is 2.25. The number of hydrogen-bond donors (Lipinski definition) is 1. The van der Waals surface area contributed by atoms with Gasteiger partial charge in [0.25, 0.3) is 0 Å². The van der Waals surface area contributed by atoms with Crippen LogP contribution in [0, 0.1) is 0 Å². The fraction of sp³-hybridized carbons (Fsp3) is 0.300. The fourth-order valence-electron chi connectivity index (χ4n) is 1.48. The Morgan fingerprint density at radius 3 is 2.87 bits per heavy atom. The normalized spacial score (nSPS) is 20.3. The molecule has 0 aliphatic carbocycles. The van der Waals surface area contributed by atoms with Crippen LogP contribution < -0.4 is 10.6 Å². The first-order valence-electron chi connectivity index (χ1n) is 4.46. The van der Waals surface area contributed by atoms with Crippen molar-refractivity contribution in [1.29, 1.82) is 0 Å². The van der Waals surface area contributed by atoms with Crippen molar-refractivity contribution in [2.45, 2.75) is 16.7 Å². The molecule has 2 N–H and O–H groups in total. The number of fused-ring (bicyclic) bond motifs is 1. The molecule has 1 unspecified atom stereocenters. The minimum atomic E-state index is -0.131. The molecule has 1 aliphatic rings. The summed E-state index contributed by atoms with van der Waals surface area (Å²) in [6, 6.07) is 7.83. The van der Waals surface area contributed by atoms with E-state index < -0.39 is 0 Å². The highest BCUT2D eigenvalue weighted by molar-refractivity contribution is 8.00. The van der Waals surface area contributed by atoms with E-state index in [0.717, 1.165) is 10.6 Å². The molecular formula is C10H13ClN2OS. The Morgan fingerprint density at radius 2 is 2.13 bits per heavy atom. The number of carbonyl (C=O) groups is 1. The average Bonchev–Trinajstić information content (AvgIpc) is 2.26. The van der Waals surface area contributed by atoms with Crippen LogP contribution in [0.4, 0.5) is 5.69 Å². The number of rotatable bonds is 0. The second kappa shape index (κ2) is 4.88. The van der Waals surface area contributed by atoms with Crippen LogP contribution in [0.3, 0.4) is 0 Å². The molecule has 0 fully saturated rings. The van der Waals surface area contributed by atoms with Gasteiger partial charge in [0.1, 0.15) is 0 Å². The minimum Gasteiger partial charge on any atom is -0.319 e.